The van der Waals surface area contributed by atoms with Gasteiger partial charge in [0.1, 0.15) is 30.6 Å². The van der Waals surface area contributed by atoms with E-state index in [1.807, 2.05) is 66.0 Å². The van der Waals surface area contributed by atoms with Gasteiger partial charge in [-0.05, 0) is 35.9 Å². The Morgan fingerprint density at radius 1 is 0.972 bits per heavy atom. The van der Waals surface area contributed by atoms with Gasteiger partial charge in [-0.15, -0.1) is 11.3 Å². The fourth-order valence-corrected chi connectivity index (χ4v) is 3.98. The molecule has 0 spiro atoms. The largest absolute Gasteiger partial charge is 0.493 e. The molecule has 0 bridgehead atoms. The molecule has 0 atom stereocenters. The summed E-state index contributed by atoms with van der Waals surface area (Å²) in [5.41, 5.74) is 2.40. The zero-order valence-electron chi connectivity index (χ0n) is 19.5. The third-order valence-electron chi connectivity index (χ3n) is 5.03. The van der Waals surface area contributed by atoms with Crippen LogP contribution >= 0.6 is 11.3 Å². The number of thiazole rings is 1. The number of anilines is 1. The summed E-state index contributed by atoms with van der Waals surface area (Å²) in [6.45, 7) is 0.696. The molecule has 0 aliphatic carbocycles. The second kappa shape index (κ2) is 12.2. The van der Waals surface area contributed by atoms with Crippen molar-refractivity contribution in [2.45, 2.75) is 0 Å². The number of aromatic nitrogens is 1. The molecule has 8 heteroatoms. The van der Waals surface area contributed by atoms with Gasteiger partial charge in [0.25, 0.3) is 5.91 Å². The van der Waals surface area contributed by atoms with Crippen molar-refractivity contribution in [1.82, 2.24) is 4.98 Å². The number of nitrogens with one attached hydrogen (secondary N) is 1. The van der Waals surface area contributed by atoms with Crippen LogP contribution in [-0.4, -0.2) is 31.2 Å². The van der Waals surface area contributed by atoms with Gasteiger partial charge in [0.05, 0.1) is 12.8 Å². The van der Waals surface area contributed by atoms with Crippen LogP contribution in [0.1, 0.15) is 5.56 Å². The molecular weight excluding hydrogens is 474 g/mol. The van der Waals surface area contributed by atoms with E-state index in [0.717, 1.165) is 11.3 Å². The Labute approximate surface area is 213 Å². The van der Waals surface area contributed by atoms with Crippen LogP contribution in [0, 0.1) is 11.3 Å². The third-order valence-corrected chi connectivity index (χ3v) is 5.79. The number of nitriles is 1. The summed E-state index contributed by atoms with van der Waals surface area (Å²) < 4.78 is 16.7. The Bertz CT molecular complexity index is 1380. The average Bonchev–Trinajstić information content (AvgIpc) is 3.39. The summed E-state index contributed by atoms with van der Waals surface area (Å²) in [5.74, 6) is 1.45. The summed E-state index contributed by atoms with van der Waals surface area (Å²) in [4.78, 5) is 17.1. The number of amides is 1. The lowest BCUT2D eigenvalue weighted by molar-refractivity contribution is -0.112. The van der Waals surface area contributed by atoms with Gasteiger partial charge in [-0.1, -0.05) is 54.6 Å². The lowest BCUT2D eigenvalue weighted by atomic mass is 10.1. The van der Waals surface area contributed by atoms with E-state index in [4.69, 9.17) is 14.2 Å². The zero-order chi connectivity index (χ0) is 25.2. The van der Waals surface area contributed by atoms with Crippen molar-refractivity contribution >= 4 is 28.5 Å². The topological polar surface area (TPSA) is 93.5 Å². The molecule has 180 valence electrons. The van der Waals surface area contributed by atoms with E-state index in [1.165, 1.54) is 17.4 Å². The van der Waals surface area contributed by atoms with E-state index in [0.29, 0.717) is 41.2 Å². The summed E-state index contributed by atoms with van der Waals surface area (Å²) in [5, 5.41) is 14.5. The van der Waals surface area contributed by atoms with Gasteiger partial charge in [-0.3, -0.25) is 10.1 Å². The molecule has 3 aromatic carbocycles. The molecule has 1 N–H and O–H groups in total. The van der Waals surface area contributed by atoms with E-state index < -0.39 is 5.91 Å². The molecule has 0 fully saturated rings. The Hall–Kier alpha value is -4.61. The van der Waals surface area contributed by atoms with Crippen molar-refractivity contribution in [3.8, 4) is 34.6 Å². The first-order chi connectivity index (χ1) is 17.7. The van der Waals surface area contributed by atoms with E-state index in [-0.39, 0.29) is 5.57 Å². The number of ether oxygens (including phenoxy) is 3. The van der Waals surface area contributed by atoms with Crippen LogP contribution in [-0.2, 0) is 4.79 Å². The molecule has 36 heavy (non-hydrogen) atoms. The van der Waals surface area contributed by atoms with Gasteiger partial charge in [0.2, 0.25) is 0 Å². The summed E-state index contributed by atoms with van der Waals surface area (Å²) in [6, 6.07) is 26.1. The molecule has 4 aromatic rings. The number of hydrogen-bond donors (Lipinski definition) is 1. The quantitative estimate of drug-likeness (QED) is 0.169. The monoisotopic (exact) mass is 497 g/mol. The molecule has 0 unspecified atom stereocenters. The highest BCUT2D eigenvalue weighted by molar-refractivity contribution is 7.14. The molecule has 0 saturated carbocycles. The number of benzene rings is 3. The smallest absolute Gasteiger partial charge is 0.268 e. The van der Waals surface area contributed by atoms with E-state index in [2.05, 4.69) is 10.3 Å². The number of methoxy groups -OCH3 is 1. The molecular formula is C28H23N3O4S. The lowest BCUT2D eigenvalue weighted by Gasteiger charge is -2.11. The second-order valence-corrected chi connectivity index (χ2v) is 8.30. The maximum absolute atomic E-state index is 12.6. The van der Waals surface area contributed by atoms with Gasteiger partial charge in [0.15, 0.2) is 16.6 Å². The van der Waals surface area contributed by atoms with Crippen molar-refractivity contribution in [2.75, 3.05) is 25.6 Å². The minimum atomic E-state index is -0.514. The Balaban J connectivity index is 1.31. The first-order valence-corrected chi connectivity index (χ1v) is 12.0. The van der Waals surface area contributed by atoms with Crippen molar-refractivity contribution in [3.05, 3.63) is 95.4 Å². The van der Waals surface area contributed by atoms with Crippen LogP contribution in [0.3, 0.4) is 0 Å². The molecule has 0 aliphatic rings. The predicted molar refractivity (Wildman–Crippen MR) is 140 cm³/mol. The minimum Gasteiger partial charge on any atom is -0.493 e. The van der Waals surface area contributed by atoms with E-state index >= 15 is 0 Å². The molecule has 7 nitrogen and oxygen atoms in total. The number of carbonyl (C=O) groups excluding carboxylic acids is 1. The second-order valence-electron chi connectivity index (χ2n) is 7.44. The van der Waals surface area contributed by atoms with Crippen LogP contribution in [0.4, 0.5) is 5.13 Å². The highest BCUT2D eigenvalue weighted by atomic mass is 32.1. The van der Waals surface area contributed by atoms with Crippen molar-refractivity contribution in [3.63, 3.8) is 0 Å². The number of hydrogen-bond acceptors (Lipinski definition) is 7. The fraction of sp³-hybridized carbons (Fsp3) is 0.107. The van der Waals surface area contributed by atoms with Crippen LogP contribution in [0.15, 0.2) is 89.8 Å². The molecule has 1 aromatic heterocycles. The predicted octanol–water partition coefficient (Wildman–Crippen LogP) is 5.82. The maximum Gasteiger partial charge on any atom is 0.268 e. The first kappa shape index (κ1) is 24.5. The van der Waals surface area contributed by atoms with E-state index in [9.17, 15) is 10.1 Å². The SMILES string of the molecule is COc1ccccc1OCCOc1ccc(/C=C(/C#N)C(=O)Nc2nc(-c3ccccc3)cs2)cc1. The minimum absolute atomic E-state index is 0.0228. The number of rotatable bonds is 10. The summed E-state index contributed by atoms with van der Waals surface area (Å²) in [6.07, 6.45) is 1.52. The van der Waals surface area contributed by atoms with Crippen LogP contribution in [0.2, 0.25) is 0 Å². The lowest BCUT2D eigenvalue weighted by Crippen LogP contribution is -2.13. The number of carbonyl (C=O) groups is 1. The fourth-order valence-electron chi connectivity index (χ4n) is 3.26. The molecule has 4 rings (SSSR count). The van der Waals surface area contributed by atoms with Crippen LogP contribution in [0.25, 0.3) is 17.3 Å². The Kier molecular flexibility index (Phi) is 8.31. The van der Waals surface area contributed by atoms with Gasteiger partial charge >= 0.3 is 0 Å². The highest BCUT2D eigenvalue weighted by Gasteiger charge is 2.13. The Morgan fingerprint density at radius 3 is 2.39 bits per heavy atom. The van der Waals surface area contributed by atoms with Crippen molar-refractivity contribution < 1.29 is 19.0 Å². The number of nitrogens with zero attached hydrogens (tertiary/aromatic N) is 2. The molecule has 0 radical (unpaired) electrons. The first-order valence-electron chi connectivity index (χ1n) is 11.1. The highest BCUT2D eigenvalue weighted by Crippen LogP contribution is 2.26. The van der Waals surface area contributed by atoms with Crippen molar-refractivity contribution in [1.29, 1.82) is 5.26 Å². The van der Waals surface area contributed by atoms with E-state index in [1.54, 1.807) is 31.4 Å². The molecule has 0 aliphatic heterocycles. The standard InChI is InChI=1S/C28H23N3O4S/c1-33-25-9-5-6-10-26(25)35-16-15-34-23-13-11-20(12-14-23)17-22(18-29)27(32)31-28-30-24(19-36-28)21-7-3-2-4-8-21/h2-14,17,19H,15-16H2,1H3,(H,30,31,32)/b22-17-. The normalized spacial score (nSPS) is 10.8. The summed E-state index contributed by atoms with van der Waals surface area (Å²) in [7, 11) is 1.59. The van der Waals surface area contributed by atoms with Crippen LogP contribution < -0.4 is 19.5 Å². The third kappa shape index (κ3) is 6.50. The van der Waals surface area contributed by atoms with Gasteiger partial charge in [-0.2, -0.15) is 5.26 Å². The molecule has 0 saturated heterocycles. The van der Waals surface area contributed by atoms with Gasteiger partial charge in [0, 0.05) is 10.9 Å². The van der Waals surface area contributed by atoms with Crippen molar-refractivity contribution in [2.24, 2.45) is 0 Å². The maximum atomic E-state index is 12.6. The Morgan fingerprint density at radius 2 is 1.67 bits per heavy atom. The van der Waals surface area contributed by atoms with Crippen LogP contribution in [0.5, 0.6) is 17.2 Å². The summed E-state index contributed by atoms with van der Waals surface area (Å²) >= 11 is 1.31. The molecule has 1 amide bonds. The zero-order valence-corrected chi connectivity index (χ0v) is 20.3. The van der Waals surface area contributed by atoms with Gasteiger partial charge < -0.3 is 14.2 Å². The molecule has 1 heterocycles. The van der Waals surface area contributed by atoms with Gasteiger partial charge in [-0.25, -0.2) is 4.98 Å². The number of para-hydroxylation sites is 2. The average molecular weight is 498 g/mol.